The molecule has 22 heavy (non-hydrogen) atoms. The number of nitrogens with zero attached hydrogens (tertiary/aromatic N) is 1. The summed E-state index contributed by atoms with van der Waals surface area (Å²) in [4.78, 5) is 25.2. The molecule has 1 aliphatic heterocycles. The monoisotopic (exact) mass is 309 g/mol. The number of aliphatic carboxylic acids is 1. The molecule has 1 aliphatic rings. The van der Waals surface area contributed by atoms with Crippen molar-refractivity contribution in [1.82, 2.24) is 4.90 Å². The second-order valence-electron chi connectivity index (χ2n) is 5.82. The van der Waals surface area contributed by atoms with Crippen LogP contribution in [0.5, 0.6) is 5.75 Å². The number of hydrogen-bond donors (Lipinski definition) is 1. The van der Waals surface area contributed by atoms with Gasteiger partial charge in [0.25, 0.3) is 5.91 Å². The molecule has 1 heterocycles. The fourth-order valence-electron chi connectivity index (χ4n) is 2.53. The van der Waals surface area contributed by atoms with Gasteiger partial charge in [-0.2, -0.15) is 0 Å². The number of rotatable bonds is 5. The lowest BCUT2D eigenvalue weighted by molar-refractivity contribution is -0.148. The molecule has 1 aromatic rings. The van der Waals surface area contributed by atoms with Crippen LogP contribution in [0.25, 0.3) is 0 Å². The highest BCUT2D eigenvalue weighted by molar-refractivity contribution is 5.83. The van der Waals surface area contributed by atoms with E-state index in [-0.39, 0.29) is 18.2 Å². The van der Waals surface area contributed by atoms with Gasteiger partial charge in [0.05, 0.1) is 5.41 Å². The summed E-state index contributed by atoms with van der Waals surface area (Å²) in [6, 6.07) is 5.91. The number of carbonyl (C=O) groups is 2. The van der Waals surface area contributed by atoms with Crippen molar-refractivity contribution in [1.29, 1.82) is 0 Å². The number of hydrogen-bond acceptors (Lipinski definition) is 3. The number of carboxylic acid groups (broad SMARTS) is 1. The van der Waals surface area contributed by atoms with Gasteiger partial charge in [-0.15, -0.1) is 0 Å². The predicted molar refractivity (Wildman–Crippen MR) is 78.0 cm³/mol. The van der Waals surface area contributed by atoms with Crippen molar-refractivity contribution in [2.24, 2.45) is 5.41 Å². The fraction of sp³-hybridized carbons (Fsp3) is 0.500. The van der Waals surface area contributed by atoms with Gasteiger partial charge in [-0.3, -0.25) is 9.59 Å². The third kappa shape index (κ3) is 3.21. The Balaban J connectivity index is 2.07. The molecule has 6 heteroatoms. The second-order valence-corrected chi connectivity index (χ2v) is 5.82. The second kappa shape index (κ2) is 6.34. The molecule has 5 nitrogen and oxygen atoms in total. The predicted octanol–water partition coefficient (Wildman–Crippen LogP) is 2.31. The number of para-hydroxylation sites is 1. The quantitative estimate of drug-likeness (QED) is 0.906. The van der Waals surface area contributed by atoms with Crippen LogP contribution in [0.15, 0.2) is 24.3 Å². The van der Waals surface area contributed by atoms with Gasteiger partial charge in [0.1, 0.15) is 0 Å². The van der Waals surface area contributed by atoms with Gasteiger partial charge in [0.2, 0.25) is 0 Å². The van der Waals surface area contributed by atoms with E-state index in [0.29, 0.717) is 19.4 Å². The highest BCUT2D eigenvalue weighted by Gasteiger charge is 2.43. The summed E-state index contributed by atoms with van der Waals surface area (Å²) in [5.74, 6) is -1.70. The van der Waals surface area contributed by atoms with Crippen LogP contribution in [0, 0.1) is 11.2 Å². The highest BCUT2D eigenvalue weighted by atomic mass is 19.1. The SMILES string of the molecule is CC[C@@H](Oc1ccccc1F)C(=O)N1CC[C@@](C)(C(=O)O)C1. The third-order valence-corrected chi connectivity index (χ3v) is 4.05. The molecule has 1 aromatic carbocycles. The third-order valence-electron chi connectivity index (χ3n) is 4.05. The Kier molecular flexibility index (Phi) is 4.68. The Morgan fingerprint density at radius 1 is 1.45 bits per heavy atom. The Morgan fingerprint density at radius 3 is 2.68 bits per heavy atom. The minimum atomic E-state index is -0.925. The van der Waals surface area contributed by atoms with Crippen LogP contribution in [0.1, 0.15) is 26.7 Å². The molecule has 1 N–H and O–H groups in total. The Labute approximate surface area is 128 Å². The summed E-state index contributed by atoms with van der Waals surface area (Å²) >= 11 is 0. The van der Waals surface area contributed by atoms with Crippen molar-refractivity contribution in [3.05, 3.63) is 30.1 Å². The number of amides is 1. The smallest absolute Gasteiger partial charge is 0.311 e. The molecule has 2 rings (SSSR count). The first kappa shape index (κ1) is 16.3. The summed E-state index contributed by atoms with van der Waals surface area (Å²) in [6.07, 6.45) is -0.0227. The van der Waals surface area contributed by atoms with Crippen molar-refractivity contribution < 1.29 is 23.8 Å². The van der Waals surface area contributed by atoms with E-state index >= 15 is 0 Å². The Morgan fingerprint density at radius 2 is 2.14 bits per heavy atom. The van der Waals surface area contributed by atoms with Crippen LogP contribution >= 0.6 is 0 Å². The first-order valence-corrected chi connectivity index (χ1v) is 7.31. The van der Waals surface area contributed by atoms with Crippen LogP contribution in [0.2, 0.25) is 0 Å². The summed E-state index contributed by atoms with van der Waals surface area (Å²) in [5.41, 5.74) is -0.925. The standard InChI is InChI=1S/C16H20FNO4/c1-3-12(22-13-7-5-4-6-11(13)17)14(19)18-9-8-16(2,10-18)15(20)21/h4-7,12H,3,8-10H2,1-2H3,(H,20,21)/t12-,16-/m1/s1. The van der Waals surface area contributed by atoms with Crippen LogP contribution in [-0.2, 0) is 9.59 Å². The minimum absolute atomic E-state index is 0.0305. The highest BCUT2D eigenvalue weighted by Crippen LogP contribution is 2.31. The zero-order chi connectivity index (χ0) is 16.3. The van der Waals surface area contributed by atoms with E-state index in [9.17, 15) is 19.1 Å². The van der Waals surface area contributed by atoms with Crippen molar-refractivity contribution in [2.45, 2.75) is 32.8 Å². The molecule has 0 unspecified atom stereocenters. The number of carbonyl (C=O) groups excluding carboxylic acids is 1. The van der Waals surface area contributed by atoms with Crippen LogP contribution in [0.4, 0.5) is 4.39 Å². The first-order chi connectivity index (χ1) is 10.4. The summed E-state index contributed by atoms with van der Waals surface area (Å²) in [5, 5.41) is 9.22. The minimum Gasteiger partial charge on any atom is -0.481 e. The van der Waals surface area contributed by atoms with E-state index in [0.717, 1.165) is 0 Å². The average Bonchev–Trinajstić information content (AvgIpc) is 2.90. The number of ether oxygens (including phenoxy) is 1. The molecule has 1 fully saturated rings. The molecular weight excluding hydrogens is 289 g/mol. The summed E-state index contributed by atoms with van der Waals surface area (Å²) in [7, 11) is 0. The lowest BCUT2D eigenvalue weighted by Crippen LogP contribution is -2.42. The average molecular weight is 309 g/mol. The van der Waals surface area contributed by atoms with Crippen molar-refractivity contribution in [3.8, 4) is 5.75 Å². The Hall–Kier alpha value is -2.11. The zero-order valence-electron chi connectivity index (χ0n) is 12.7. The van der Waals surface area contributed by atoms with Gasteiger partial charge in [0.15, 0.2) is 17.7 Å². The van der Waals surface area contributed by atoms with Gasteiger partial charge in [-0.1, -0.05) is 19.1 Å². The fourth-order valence-corrected chi connectivity index (χ4v) is 2.53. The molecule has 120 valence electrons. The lowest BCUT2D eigenvalue weighted by atomic mass is 9.90. The summed E-state index contributed by atoms with van der Waals surface area (Å²) in [6.45, 7) is 3.92. The molecule has 0 aromatic heterocycles. The van der Waals surface area contributed by atoms with Crippen molar-refractivity contribution in [2.75, 3.05) is 13.1 Å². The van der Waals surface area contributed by atoms with E-state index in [1.165, 1.54) is 17.0 Å². The van der Waals surface area contributed by atoms with E-state index in [4.69, 9.17) is 4.74 Å². The molecule has 2 atom stereocenters. The molecule has 0 spiro atoms. The van der Waals surface area contributed by atoms with Gasteiger partial charge in [-0.05, 0) is 31.9 Å². The molecule has 0 bridgehead atoms. The van der Waals surface area contributed by atoms with E-state index < -0.39 is 23.3 Å². The number of halogens is 1. The van der Waals surface area contributed by atoms with Gasteiger partial charge < -0.3 is 14.7 Å². The van der Waals surface area contributed by atoms with Gasteiger partial charge in [0, 0.05) is 13.1 Å². The Bertz CT molecular complexity index is 577. The molecule has 1 saturated heterocycles. The largest absolute Gasteiger partial charge is 0.481 e. The lowest BCUT2D eigenvalue weighted by Gasteiger charge is -2.25. The maximum Gasteiger partial charge on any atom is 0.311 e. The molecule has 0 saturated carbocycles. The van der Waals surface area contributed by atoms with E-state index in [1.54, 1.807) is 26.0 Å². The van der Waals surface area contributed by atoms with Gasteiger partial charge in [-0.25, -0.2) is 4.39 Å². The van der Waals surface area contributed by atoms with Crippen LogP contribution < -0.4 is 4.74 Å². The molecule has 1 amide bonds. The molecule has 0 radical (unpaired) electrons. The van der Waals surface area contributed by atoms with Crippen molar-refractivity contribution >= 4 is 11.9 Å². The zero-order valence-corrected chi connectivity index (χ0v) is 12.7. The van der Waals surface area contributed by atoms with E-state index in [1.807, 2.05) is 0 Å². The normalized spacial score (nSPS) is 22.4. The van der Waals surface area contributed by atoms with E-state index in [2.05, 4.69) is 0 Å². The topological polar surface area (TPSA) is 66.8 Å². The number of carboxylic acids is 1. The van der Waals surface area contributed by atoms with Crippen LogP contribution in [0.3, 0.4) is 0 Å². The first-order valence-electron chi connectivity index (χ1n) is 7.31. The maximum absolute atomic E-state index is 13.6. The summed E-state index contributed by atoms with van der Waals surface area (Å²) < 4.78 is 19.1. The molecular formula is C16H20FNO4. The molecule has 0 aliphatic carbocycles. The number of benzene rings is 1. The maximum atomic E-state index is 13.6. The van der Waals surface area contributed by atoms with Gasteiger partial charge >= 0.3 is 5.97 Å². The van der Waals surface area contributed by atoms with Crippen LogP contribution in [-0.4, -0.2) is 41.1 Å². The van der Waals surface area contributed by atoms with Crippen molar-refractivity contribution in [3.63, 3.8) is 0 Å². The number of likely N-dealkylation sites (tertiary alicyclic amines) is 1.